The monoisotopic (exact) mass is 486 g/mol. The average Bonchev–Trinajstić information content (AvgIpc) is 3.28. The van der Waals surface area contributed by atoms with Gasteiger partial charge < -0.3 is 19.8 Å². The van der Waals surface area contributed by atoms with Crippen LogP contribution in [0.2, 0.25) is 5.02 Å². The van der Waals surface area contributed by atoms with Crippen LogP contribution in [-0.2, 0) is 4.79 Å². The van der Waals surface area contributed by atoms with E-state index in [0.717, 1.165) is 22.2 Å². The zero-order valence-corrected chi connectivity index (χ0v) is 20.0. The summed E-state index contributed by atoms with van der Waals surface area (Å²) in [5.74, 6) is 1.07. The highest BCUT2D eigenvalue weighted by Crippen LogP contribution is 2.30. The van der Waals surface area contributed by atoms with E-state index in [-0.39, 0.29) is 12.5 Å². The Balaban J connectivity index is 1.50. The molecule has 0 aliphatic heterocycles. The van der Waals surface area contributed by atoms with Crippen molar-refractivity contribution in [2.75, 3.05) is 18.5 Å². The number of nitrogens with one attached hydrogen (secondary N) is 2. The van der Waals surface area contributed by atoms with Crippen molar-refractivity contribution < 1.29 is 14.3 Å². The van der Waals surface area contributed by atoms with Crippen molar-refractivity contribution >= 4 is 45.9 Å². The number of aromatic nitrogens is 2. The van der Waals surface area contributed by atoms with Gasteiger partial charge >= 0.3 is 0 Å². The topological polar surface area (TPSA) is 100 Å². The van der Waals surface area contributed by atoms with Crippen LogP contribution in [0, 0.1) is 18.3 Å². The predicted molar refractivity (Wildman–Crippen MR) is 138 cm³/mol. The minimum Gasteiger partial charge on any atom is -0.490 e. The number of imidazole rings is 1. The number of H-pyrrole nitrogens is 1. The Morgan fingerprint density at radius 2 is 1.97 bits per heavy atom. The number of carbonyl (C=O) groups excluding carboxylic acids is 1. The van der Waals surface area contributed by atoms with Crippen LogP contribution in [0.25, 0.3) is 22.7 Å². The zero-order chi connectivity index (χ0) is 24.8. The van der Waals surface area contributed by atoms with E-state index in [2.05, 4.69) is 21.4 Å². The summed E-state index contributed by atoms with van der Waals surface area (Å²) in [5.41, 5.74) is 4.27. The predicted octanol–water partition coefficient (Wildman–Crippen LogP) is 6.01. The Bertz CT molecular complexity index is 1420. The molecule has 1 amide bonds. The number of nitrogens with zero attached hydrogens (tertiary/aromatic N) is 2. The molecule has 0 saturated carbocycles. The number of ether oxygens (including phenoxy) is 2. The number of carbonyl (C=O) groups is 1. The summed E-state index contributed by atoms with van der Waals surface area (Å²) in [7, 11) is 0. The second-order valence-corrected chi connectivity index (χ2v) is 8.12. The number of allylic oxidation sites excluding steroid dienone is 1. The normalized spacial score (nSPS) is 11.2. The molecule has 0 atom stereocenters. The maximum absolute atomic E-state index is 12.4. The molecule has 0 saturated heterocycles. The quantitative estimate of drug-likeness (QED) is 0.297. The van der Waals surface area contributed by atoms with Crippen LogP contribution >= 0.6 is 11.6 Å². The van der Waals surface area contributed by atoms with Gasteiger partial charge in [-0.15, -0.1) is 0 Å². The molecular formula is C27H23ClN4O3. The summed E-state index contributed by atoms with van der Waals surface area (Å²) in [4.78, 5) is 20.0. The van der Waals surface area contributed by atoms with Crippen LogP contribution in [0.1, 0.15) is 23.9 Å². The molecule has 0 fully saturated rings. The Morgan fingerprint density at radius 3 is 2.71 bits per heavy atom. The Morgan fingerprint density at radius 1 is 1.14 bits per heavy atom. The van der Waals surface area contributed by atoms with Gasteiger partial charge in [0.05, 0.1) is 23.2 Å². The summed E-state index contributed by atoms with van der Waals surface area (Å²) in [6.45, 7) is 3.94. The van der Waals surface area contributed by atoms with Crippen LogP contribution in [0.3, 0.4) is 0 Å². The molecule has 7 nitrogen and oxygen atoms in total. The minimum atomic E-state index is -0.310. The number of nitriles is 1. The molecule has 3 aromatic carbocycles. The van der Waals surface area contributed by atoms with Gasteiger partial charge in [0, 0.05) is 10.7 Å². The summed E-state index contributed by atoms with van der Waals surface area (Å²) < 4.78 is 11.4. The highest BCUT2D eigenvalue weighted by atomic mass is 35.5. The number of halogens is 1. The van der Waals surface area contributed by atoms with Crippen molar-refractivity contribution in [1.82, 2.24) is 9.97 Å². The van der Waals surface area contributed by atoms with E-state index in [9.17, 15) is 10.1 Å². The number of hydrogen-bond acceptors (Lipinski definition) is 5. The zero-order valence-electron chi connectivity index (χ0n) is 19.3. The molecule has 0 aliphatic carbocycles. The van der Waals surface area contributed by atoms with Crippen molar-refractivity contribution in [3.05, 3.63) is 82.6 Å². The van der Waals surface area contributed by atoms with Gasteiger partial charge in [0.25, 0.3) is 5.91 Å². The largest absolute Gasteiger partial charge is 0.490 e. The van der Waals surface area contributed by atoms with E-state index in [4.69, 9.17) is 21.1 Å². The molecule has 1 heterocycles. The van der Waals surface area contributed by atoms with Crippen molar-refractivity contribution in [3.63, 3.8) is 0 Å². The average molecular weight is 487 g/mol. The maximum Gasteiger partial charge on any atom is 0.262 e. The van der Waals surface area contributed by atoms with Crippen LogP contribution in [0.4, 0.5) is 5.69 Å². The Kier molecular flexibility index (Phi) is 7.34. The van der Waals surface area contributed by atoms with Gasteiger partial charge in [0.1, 0.15) is 11.9 Å². The molecule has 8 heteroatoms. The highest BCUT2D eigenvalue weighted by Gasteiger charge is 2.12. The van der Waals surface area contributed by atoms with Crippen molar-refractivity contribution in [2.45, 2.75) is 13.8 Å². The summed E-state index contributed by atoms with van der Waals surface area (Å²) in [6, 6.07) is 20.3. The van der Waals surface area contributed by atoms with Crippen LogP contribution in [-0.4, -0.2) is 29.1 Å². The second kappa shape index (κ2) is 10.8. The first-order valence-corrected chi connectivity index (χ1v) is 11.4. The standard InChI is InChI=1S/C27H23ClN4O3/c1-3-34-25-14-18(13-19(15-29)27-31-22-6-4-5-7-23(22)32-27)8-11-24(25)35-16-26(33)30-20-9-10-21(28)17(2)12-20/h4-14H,3,16H2,1-2H3,(H,30,33)(H,31,32)/b19-13+. The van der Waals surface area contributed by atoms with Gasteiger partial charge in [-0.1, -0.05) is 29.8 Å². The van der Waals surface area contributed by atoms with Gasteiger partial charge in [0.15, 0.2) is 18.1 Å². The third kappa shape index (κ3) is 5.81. The number of hydrogen-bond donors (Lipinski definition) is 2. The van der Waals surface area contributed by atoms with Gasteiger partial charge in [-0.05, 0) is 73.5 Å². The van der Waals surface area contributed by atoms with E-state index < -0.39 is 0 Å². The molecule has 1 aromatic heterocycles. The maximum atomic E-state index is 12.4. The molecule has 176 valence electrons. The molecular weight excluding hydrogens is 464 g/mol. The highest BCUT2D eigenvalue weighted by molar-refractivity contribution is 6.31. The number of aromatic amines is 1. The smallest absolute Gasteiger partial charge is 0.262 e. The van der Waals surface area contributed by atoms with Gasteiger partial charge in [-0.3, -0.25) is 4.79 Å². The summed E-state index contributed by atoms with van der Waals surface area (Å²) in [6.07, 6.45) is 1.72. The Hall–Kier alpha value is -4.28. The van der Waals surface area contributed by atoms with Gasteiger partial charge in [-0.25, -0.2) is 4.98 Å². The lowest BCUT2D eigenvalue weighted by atomic mass is 10.1. The minimum absolute atomic E-state index is 0.195. The van der Waals surface area contributed by atoms with Crippen LogP contribution < -0.4 is 14.8 Å². The molecule has 2 N–H and O–H groups in total. The fourth-order valence-corrected chi connectivity index (χ4v) is 3.58. The fraction of sp³-hybridized carbons (Fsp3) is 0.148. The van der Waals surface area contributed by atoms with Crippen LogP contribution in [0.15, 0.2) is 60.7 Å². The van der Waals surface area contributed by atoms with Crippen molar-refractivity contribution in [3.8, 4) is 17.6 Å². The third-order valence-corrected chi connectivity index (χ3v) is 5.57. The van der Waals surface area contributed by atoms with Crippen molar-refractivity contribution in [1.29, 1.82) is 5.26 Å². The van der Waals surface area contributed by atoms with E-state index in [1.807, 2.05) is 38.1 Å². The summed E-state index contributed by atoms with van der Waals surface area (Å²) >= 11 is 6.03. The van der Waals surface area contributed by atoms with E-state index in [1.54, 1.807) is 42.5 Å². The first-order chi connectivity index (χ1) is 17.0. The third-order valence-electron chi connectivity index (χ3n) is 5.14. The molecule has 0 spiro atoms. The van der Waals surface area contributed by atoms with Gasteiger partial charge in [-0.2, -0.15) is 5.26 Å². The second-order valence-electron chi connectivity index (χ2n) is 7.71. The van der Waals surface area contributed by atoms with E-state index >= 15 is 0 Å². The number of amides is 1. The van der Waals surface area contributed by atoms with Crippen LogP contribution in [0.5, 0.6) is 11.5 Å². The first kappa shape index (κ1) is 23.9. The lowest BCUT2D eigenvalue weighted by molar-refractivity contribution is -0.118. The molecule has 4 aromatic rings. The molecule has 35 heavy (non-hydrogen) atoms. The number of para-hydroxylation sites is 2. The van der Waals surface area contributed by atoms with Crippen molar-refractivity contribution in [2.24, 2.45) is 0 Å². The van der Waals surface area contributed by atoms with Gasteiger partial charge in [0.2, 0.25) is 0 Å². The number of aryl methyl sites for hydroxylation is 1. The first-order valence-electron chi connectivity index (χ1n) is 11.0. The number of benzene rings is 3. The number of fused-ring (bicyclic) bond motifs is 1. The Labute approximate surface area is 208 Å². The SMILES string of the molecule is CCOc1cc(/C=C(\C#N)c2nc3ccccc3[nH]2)ccc1OCC(=O)Nc1ccc(Cl)c(C)c1. The molecule has 0 aliphatic rings. The summed E-state index contributed by atoms with van der Waals surface area (Å²) in [5, 5.41) is 13.1. The molecule has 0 unspecified atom stereocenters. The number of anilines is 1. The number of rotatable bonds is 8. The molecule has 0 radical (unpaired) electrons. The van der Waals surface area contributed by atoms with E-state index in [1.165, 1.54) is 0 Å². The molecule has 4 rings (SSSR count). The lowest BCUT2D eigenvalue weighted by Gasteiger charge is -2.13. The lowest BCUT2D eigenvalue weighted by Crippen LogP contribution is -2.20. The fourth-order valence-electron chi connectivity index (χ4n) is 3.47. The van der Waals surface area contributed by atoms with E-state index in [0.29, 0.717) is 40.2 Å². The molecule has 0 bridgehead atoms.